The molecule has 0 spiro atoms. The molecule has 106 valence electrons. The van der Waals surface area contributed by atoms with Crippen molar-refractivity contribution in [3.05, 3.63) is 17.0 Å². The number of nitrogens with one attached hydrogen (secondary N) is 1. The van der Waals surface area contributed by atoms with E-state index >= 15 is 0 Å². The van der Waals surface area contributed by atoms with E-state index in [2.05, 4.69) is 10.5 Å². The second-order valence-corrected chi connectivity index (χ2v) is 5.29. The zero-order valence-electron chi connectivity index (χ0n) is 12.0. The molecule has 1 aliphatic heterocycles. The predicted octanol–water partition coefficient (Wildman–Crippen LogP) is 1.78. The Morgan fingerprint density at radius 2 is 2.05 bits per heavy atom. The monoisotopic (exact) mass is 265 g/mol. The summed E-state index contributed by atoms with van der Waals surface area (Å²) in [5.41, 5.74) is 1.95. The maximum Gasteiger partial charge on any atom is 0.239 e. The lowest BCUT2D eigenvalue weighted by atomic mass is 10.1. The summed E-state index contributed by atoms with van der Waals surface area (Å²) in [7, 11) is 0. The van der Waals surface area contributed by atoms with Crippen LogP contribution in [0.2, 0.25) is 0 Å². The van der Waals surface area contributed by atoms with E-state index in [-0.39, 0.29) is 11.9 Å². The molecule has 1 fully saturated rings. The first-order valence-corrected chi connectivity index (χ1v) is 7.03. The second kappa shape index (κ2) is 6.19. The Bertz CT molecular complexity index is 416. The number of aryl methyl sites for hydroxylation is 2. The van der Waals surface area contributed by atoms with Gasteiger partial charge in [0.15, 0.2) is 0 Å². The molecule has 1 atom stereocenters. The summed E-state index contributed by atoms with van der Waals surface area (Å²) >= 11 is 0. The SMILES string of the molecule is Cc1noc(C)c1CNC(C)C(=O)N1CCCCC1. The summed E-state index contributed by atoms with van der Waals surface area (Å²) in [6.07, 6.45) is 3.50. The van der Waals surface area contributed by atoms with E-state index in [0.29, 0.717) is 6.54 Å². The predicted molar refractivity (Wildman–Crippen MR) is 72.7 cm³/mol. The number of rotatable bonds is 4. The van der Waals surface area contributed by atoms with Crippen LogP contribution in [-0.2, 0) is 11.3 Å². The van der Waals surface area contributed by atoms with Crippen LogP contribution < -0.4 is 5.32 Å². The van der Waals surface area contributed by atoms with E-state index in [9.17, 15) is 4.79 Å². The van der Waals surface area contributed by atoms with Crippen LogP contribution in [0.3, 0.4) is 0 Å². The summed E-state index contributed by atoms with van der Waals surface area (Å²) in [6, 6.07) is -0.160. The molecular formula is C14H23N3O2. The third-order valence-electron chi connectivity index (χ3n) is 3.80. The van der Waals surface area contributed by atoms with Crippen LogP contribution in [0.1, 0.15) is 43.2 Å². The highest BCUT2D eigenvalue weighted by Crippen LogP contribution is 2.13. The molecule has 1 unspecified atom stereocenters. The zero-order chi connectivity index (χ0) is 13.8. The number of hydrogen-bond donors (Lipinski definition) is 1. The fourth-order valence-electron chi connectivity index (χ4n) is 2.48. The number of aromatic nitrogens is 1. The lowest BCUT2D eigenvalue weighted by Gasteiger charge is -2.29. The lowest BCUT2D eigenvalue weighted by molar-refractivity contribution is -0.133. The first-order valence-electron chi connectivity index (χ1n) is 7.03. The molecule has 1 N–H and O–H groups in total. The molecule has 2 rings (SSSR count). The van der Waals surface area contributed by atoms with Crippen LogP contribution in [0.15, 0.2) is 4.52 Å². The van der Waals surface area contributed by atoms with Crippen molar-refractivity contribution in [2.45, 2.75) is 52.6 Å². The summed E-state index contributed by atoms with van der Waals surface area (Å²) in [5.74, 6) is 1.02. The van der Waals surface area contributed by atoms with Gasteiger partial charge in [-0.15, -0.1) is 0 Å². The molecule has 5 nitrogen and oxygen atoms in total. The van der Waals surface area contributed by atoms with Gasteiger partial charge in [-0.1, -0.05) is 5.16 Å². The van der Waals surface area contributed by atoms with Gasteiger partial charge in [-0.25, -0.2) is 0 Å². The fourth-order valence-corrected chi connectivity index (χ4v) is 2.48. The van der Waals surface area contributed by atoms with Crippen molar-refractivity contribution >= 4 is 5.91 Å². The number of hydrogen-bond acceptors (Lipinski definition) is 4. The van der Waals surface area contributed by atoms with Gasteiger partial charge in [0.25, 0.3) is 0 Å². The Hall–Kier alpha value is -1.36. The standard InChI is InChI=1S/C14H23N3O2/c1-10-13(12(3)19-16-10)9-15-11(2)14(18)17-7-5-4-6-8-17/h11,15H,4-9H2,1-3H3. The molecule has 19 heavy (non-hydrogen) atoms. The highest BCUT2D eigenvalue weighted by atomic mass is 16.5. The Morgan fingerprint density at radius 1 is 1.37 bits per heavy atom. The van der Waals surface area contributed by atoms with Gasteiger partial charge in [0.2, 0.25) is 5.91 Å². The molecular weight excluding hydrogens is 242 g/mol. The average Bonchev–Trinajstić information content (AvgIpc) is 2.75. The van der Waals surface area contributed by atoms with Crippen molar-refractivity contribution < 1.29 is 9.32 Å². The van der Waals surface area contributed by atoms with Crippen molar-refractivity contribution in [1.82, 2.24) is 15.4 Å². The largest absolute Gasteiger partial charge is 0.361 e. The average molecular weight is 265 g/mol. The molecule has 5 heteroatoms. The maximum absolute atomic E-state index is 12.3. The fraction of sp³-hybridized carbons (Fsp3) is 0.714. The first-order chi connectivity index (χ1) is 9.09. The van der Waals surface area contributed by atoms with E-state index in [1.165, 1.54) is 6.42 Å². The third-order valence-corrected chi connectivity index (χ3v) is 3.80. The number of piperidine rings is 1. The van der Waals surface area contributed by atoms with Crippen molar-refractivity contribution in [1.29, 1.82) is 0 Å². The molecule has 0 aliphatic carbocycles. The van der Waals surface area contributed by atoms with Gasteiger partial charge in [0, 0.05) is 25.2 Å². The van der Waals surface area contributed by atoms with Crippen LogP contribution in [0.25, 0.3) is 0 Å². The molecule has 1 amide bonds. The third kappa shape index (κ3) is 3.35. The minimum Gasteiger partial charge on any atom is -0.361 e. The van der Waals surface area contributed by atoms with Crippen LogP contribution in [-0.4, -0.2) is 35.1 Å². The molecule has 1 saturated heterocycles. The van der Waals surface area contributed by atoms with Crippen molar-refractivity contribution in [3.63, 3.8) is 0 Å². The van der Waals surface area contributed by atoms with Crippen molar-refractivity contribution in [3.8, 4) is 0 Å². The lowest BCUT2D eigenvalue weighted by Crippen LogP contribution is -2.46. The van der Waals surface area contributed by atoms with Crippen molar-refractivity contribution in [2.24, 2.45) is 0 Å². The van der Waals surface area contributed by atoms with E-state index in [4.69, 9.17) is 4.52 Å². The topological polar surface area (TPSA) is 58.4 Å². The van der Waals surface area contributed by atoms with Gasteiger partial charge in [0.05, 0.1) is 11.7 Å². The molecule has 0 saturated carbocycles. The van der Waals surface area contributed by atoms with Gasteiger partial charge in [0.1, 0.15) is 5.76 Å². The first kappa shape index (κ1) is 14.1. The van der Waals surface area contributed by atoms with Crippen LogP contribution in [0.4, 0.5) is 0 Å². The number of likely N-dealkylation sites (tertiary alicyclic amines) is 1. The highest BCUT2D eigenvalue weighted by Gasteiger charge is 2.22. The maximum atomic E-state index is 12.3. The Morgan fingerprint density at radius 3 is 2.63 bits per heavy atom. The summed E-state index contributed by atoms with van der Waals surface area (Å²) in [5, 5.41) is 7.19. The van der Waals surface area contributed by atoms with Gasteiger partial charge < -0.3 is 14.7 Å². The summed E-state index contributed by atoms with van der Waals surface area (Å²) in [4.78, 5) is 14.2. The van der Waals surface area contributed by atoms with E-state index in [0.717, 1.165) is 42.9 Å². The molecule has 0 aromatic carbocycles. The van der Waals surface area contributed by atoms with Crippen LogP contribution in [0.5, 0.6) is 0 Å². The highest BCUT2D eigenvalue weighted by molar-refractivity contribution is 5.81. The molecule has 1 aromatic rings. The van der Waals surface area contributed by atoms with Gasteiger partial charge in [-0.3, -0.25) is 4.79 Å². The zero-order valence-corrected chi connectivity index (χ0v) is 12.0. The molecule has 2 heterocycles. The van der Waals surface area contributed by atoms with Crippen molar-refractivity contribution in [2.75, 3.05) is 13.1 Å². The smallest absolute Gasteiger partial charge is 0.239 e. The quantitative estimate of drug-likeness (QED) is 0.901. The Kier molecular flexibility index (Phi) is 4.58. The molecule has 1 aliphatic rings. The number of carbonyl (C=O) groups is 1. The minimum atomic E-state index is -0.160. The van der Waals surface area contributed by atoms with E-state index in [1.807, 2.05) is 25.7 Å². The van der Waals surface area contributed by atoms with Crippen LogP contribution >= 0.6 is 0 Å². The van der Waals surface area contributed by atoms with Gasteiger partial charge in [-0.05, 0) is 40.0 Å². The Labute approximate surface area is 114 Å². The molecule has 0 bridgehead atoms. The normalized spacial score (nSPS) is 17.5. The summed E-state index contributed by atoms with van der Waals surface area (Å²) < 4.78 is 5.12. The van der Waals surface area contributed by atoms with E-state index in [1.54, 1.807) is 0 Å². The number of carbonyl (C=O) groups excluding carboxylic acids is 1. The second-order valence-electron chi connectivity index (χ2n) is 5.29. The Balaban J connectivity index is 1.87. The van der Waals surface area contributed by atoms with E-state index < -0.39 is 0 Å². The van der Waals surface area contributed by atoms with Gasteiger partial charge in [-0.2, -0.15) is 0 Å². The van der Waals surface area contributed by atoms with Crippen LogP contribution in [0, 0.1) is 13.8 Å². The molecule has 0 radical (unpaired) electrons. The number of nitrogens with zero attached hydrogens (tertiary/aromatic N) is 2. The number of amides is 1. The van der Waals surface area contributed by atoms with Gasteiger partial charge >= 0.3 is 0 Å². The minimum absolute atomic E-state index is 0.160. The summed E-state index contributed by atoms with van der Waals surface area (Å²) in [6.45, 7) is 8.17. The molecule has 1 aromatic heterocycles.